The summed E-state index contributed by atoms with van der Waals surface area (Å²) >= 11 is 1.27. The average Bonchev–Trinajstić information content (AvgIpc) is 3.09. The van der Waals surface area contributed by atoms with Gasteiger partial charge in [0.2, 0.25) is 6.54 Å². The number of hydrogen-bond acceptors (Lipinski definition) is 7. The highest BCUT2D eigenvalue weighted by Gasteiger charge is 2.24. The molecule has 1 aromatic heterocycles. The fraction of sp³-hybridized carbons (Fsp3) is 0.286. The number of rotatable bonds is 7. The molecular formula is C21H22N4O4S. The summed E-state index contributed by atoms with van der Waals surface area (Å²) in [6.07, 6.45) is 0. The second-order valence-electron chi connectivity index (χ2n) is 6.87. The van der Waals surface area contributed by atoms with E-state index in [2.05, 4.69) is 10.2 Å². The van der Waals surface area contributed by atoms with Crippen LogP contribution in [0, 0.1) is 30.9 Å². The van der Waals surface area contributed by atoms with Gasteiger partial charge in [-0.05, 0) is 61.7 Å². The van der Waals surface area contributed by atoms with Gasteiger partial charge in [-0.15, -0.1) is 10.2 Å². The lowest BCUT2D eigenvalue weighted by Gasteiger charge is -2.15. The first-order valence-electron chi connectivity index (χ1n) is 9.26. The maximum atomic E-state index is 11.7. The summed E-state index contributed by atoms with van der Waals surface area (Å²) in [5, 5.41) is 19.8. The summed E-state index contributed by atoms with van der Waals surface area (Å²) in [5.74, 6) is 0.242. The molecule has 0 spiro atoms. The normalized spacial score (nSPS) is 11.9. The van der Waals surface area contributed by atoms with E-state index >= 15 is 0 Å². The van der Waals surface area contributed by atoms with Crippen molar-refractivity contribution in [1.29, 1.82) is 0 Å². The Morgan fingerprint density at radius 1 is 1.13 bits per heavy atom. The van der Waals surface area contributed by atoms with Gasteiger partial charge in [0.15, 0.2) is 5.16 Å². The van der Waals surface area contributed by atoms with Crippen LogP contribution in [0.4, 0.5) is 0 Å². The smallest absolute Gasteiger partial charge is 0.337 e. The highest BCUT2D eigenvalue weighted by Crippen LogP contribution is 2.36. The van der Waals surface area contributed by atoms with Gasteiger partial charge >= 0.3 is 5.97 Å². The van der Waals surface area contributed by atoms with Crippen LogP contribution in [-0.4, -0.2) is 39.3 Å². The lowest BCUT2D eigenvalue weighted by atomic mass is 10.1. The van der Waals surface area contributed by atoms with Crippen molar-refractivity contribution in [3.05, 3.63) is 80.7 Å². The fourth-order valence-electron chi connectivity index (χ4n) is 3.01. The van der Waals surface area contributed by atoms with Gasteiger partial charge in [-0.2, -0.15) is 0 Å². The quantitative estimate of drug-likeness (QED) is 0.243. The summed E-state index contributed by atoms with van der Waals surface area (Å²) in [6, 6.07) is 12.7. The van der Waals surface area contributed by atoms with Gasteiger partial charge in [-0.3, -0.25) is 14.7 Å². The lowest BCUT2D eigenvalue weighted by molar-refractivity contribution is -0.479. The molecule has 0 fully saturated rings. The highest BCUT2D eigenvalue weighted by atomic mass is 32.2. The molecule has 8 nitrogen and oxygen atoms in total. The zero-order chi connectivity index (χ0) is 21.8. The third-order valence-corrected chi connectivity index (χ3v) is 5.99. The number of hydrogen-bond donors (Lipinski definition) is 0. The molecule has 0 unspecified atom stereocenters. The number of benzene rings is 2. The Labute approximate surface area is 178 Å². The summed E-state index contributed by atoms with van der Waals surface area (Å²) in [4.78, 5) is 22.6. The van der Waals surface area contributed by atoms with Crippen LogP contribution >= 0.6 is 11.8 Å². The molecule has 0 saturated carbocycles. The van der Waals surface area contributed by atoms with Crippen LogP contribution in [0.15, 0.2) is 47.6 Å². The zero-order valence-corrected chi connectivity index (χ0v) is 18.0. The molecule has 1 heterocycles. The third-order valence-electron chi connectivity index (χ3n) is 4.81. The molecule has 1 atom stereocenters. The van der Waals surface area contributed by atoms with Gasteiger partial charge in [0.1, 0.15) is 11.1 Å². The Hall–Kier alpha value is -3.20. The fourth-order valence-corrected chi connectivity index (χ4v) is 4.18. The minimum absolute atomic E-state index is 0.291. The van der Waals surface area contributed by atoms with Crippen LogP contribution in [0.5, 0.6) is 0 Å². The van der Waals surface area contributed by atoms with Gasteiger partial charge in [0.05, 0.1) is 12.7 Å². The van der Waals surface area contributed by atoms with Crippen LogP contribution in [0.1, 0.15) is 38.1 Å². The Bertz CT molecular complexity index is 1080. The molecule has 0 aliphatic carbocycles. The van der Waals surface area contributed by atoms with E-state index in [4.69, 9.17) is 4.74 Å². The summed E-state index contributed by atoms with van der Waals surface area (Å²) in [6.45, 7) is 5.63. The van der Waals surface area contributed by atoms with Crippen molar-refractivity contribution in [1.82, 2.24) is 14.8 Å². The van der Waals surface area contributed by atoms with Gasteiger partial charge in [-0.1, -0.05) is 30.0 Å². The van der Waals surface area contributed by atoms with Crippen molar-refractivity contribution in [2.45, 2.75) is 31.2 Å². The van der Waals surface area contributed by atoms with Gasteiger partial charge in [-0.25, -0.2) is 4.79 Å². The number of nitro groups is 1. The van der Waals surface area contributed by atoms with Crippen LogP contribution in [0.2, 0.25) is 0 Å². The SMILES string of the molecule is COC(=O)c1ccc([C@H](C[N+](=O)[O-])Sc2nnc(C)n2-c2ccc(C)c(C)c2)cc1. The first kappa shape index (κ1) is 21.5. The van der Waals surface area contributed by atoms with Crippen molar-refractivity contribution in [3.8, 4) is 5.69 Å². The monoisotopic (exact) mass is 426 g/mol. The van der Waals surface area contributed by atoms with E-state index in [1.54, 1.807) is 24.3 Å². The number of esters is 1. The van der Waals surface area contributed by atoms with Crippen LogP contribution in [0.3, 0.4) is 0 Å². The molecule has 3 rings (SSSR count). The molecule has 0 aliphatic heterocycles. The predicted octanol–water partition coefficient (Wildman–Crippen LogP) is 4.09. The summed E-state index contributed by atoms with van der Waals surface area (Å²) < 4.78 is 6.60. The third kappa shape index (κ3) is 4.68. The number of carbonyl (C=O) groups excluding carboxylic acids is 1. The van der Waals surface area contributed by atoms with Gasteiger partial charge in [0.25, 0.3) is 0 Å². The minimum Gasteiger partial charge on any atom is -0.465 e. The average molecular weight is 426 g/mol. The van der Waals surface area contributed by atoms with E-state index in [1.807, 2.05) is 43.5 Å². The summed E-state index contributed by atoms with van der Waals surface area (Å²) in [7, 11) is 1.31. The number of nitrogens with zero attached hydrogens (tertiary/aromatic N) is 4. The molecular weight excluding hydrogens is 404 g/mol. The van der Waals surface area contributed by atoms with Crippen molar-refractivity contribution in [3.63, 3.8) is 0 Å². The second-order valence-corrected chi connectivity index (χ2v) is 8.04. The van der Waals surface area contributed by atoms with Crippen molar-refractivity contribution in [2.24, 2.45) is 0 Å². The van der Waals surface area contributed by atoms with Crippen LogP contribution in [-0.2, 0) is 4.74 Å². The number of methoxy groups -OCH3 is 1. The van der Waals surface area contributed by atoms with Crippen LogP contribution in [0.25, 0.3) is 5.69 Å². The molecule has 30 heavy (non-hydrogen) atoms. The van der Waals surface area contributed by atoms with Gasteiger partial charge < -0.3 is 4.74 Å². The van der Waals surface area contributed by atoms with E-state index in [1.165, 1.54) is 24.4 Å². The minimum atomic E-state index is -0.499. The van der Waals surface area contributed by atoms with Crippen molar-refractivity contribution in [2.75, 3.05) is 13.7 Å². The topological polar surface area (TPSA) is 100 Å². The summed E-state index contributed by atoms with van der Waals surface area (Å²) in [5.41, 5.74) is 4.33. The van der Waals surface area contributed by atoms with E-state index in [9.17, 15) is 14.9 Å². The standard InChI is InChI=1S/C21H22N4O4S/c1-13-5-10-18(11-14(13)2)25-15(3)22-23-21(25)30-19(12-24(27)28)16-6-8-17(9-7-16)20(26)29-4/h5-11,19H,12H2,1-4H3/t19-/m0/s1. The number of carbonyl (C=O) groups is 1. The first-order chi connectivity index (χ1) is 14.3. The Balaban J connectivity index is 1.95. The molecule has 9 heteroatoms. The van der Waals surface area contributed by atoms with E-state index in [0.717, 1.165) is 16.8 Å². The van der Waals surface area contributed by atoms with Crippen LogP contribution < -0.4 is 0 Å². The second kappa shape index (κ2) is 9.08. The van der Waals surface area contributed by atoms with E-state index in [-0.39, 0.29) is 11.5 Å². The van der Waals surface area contributed by atoms with E-state index in [0.29, 0.717) is 16.5 Å². The maximum absolute atomic E-state index is 11.7. The number of aryl methyl sites for hydroxylation is 3. The molecule has 3 aromatic rings. The van der Waals surface area contributed by atoms with Crippen molar-refractivity contribution < 1.29 is 14.5 Å². The molecule has 2 aromatic carbocycles. The number of aromatic nitrogens is 3. The zero-order valence-electron chi connectivity index (χ0n) is 17.2. The molecule has 0 amide bonds. The largest absolute Gasteiger partial charge is 0.465 e. The first-order valence-corrected chi connectivity index (χ1v) is 10.1. The molecule has 0 bridgehead atoms. The molecule has 0 radical (unpaired) electrons. The lowest BCUT2D eigenvalue weighted by Crippen LogP contribution is -2.11. The van der Waals surface area contributed by atoms with E-state index < -0.39 is 11.2 Å². The van der Waals surface area contributed by atoms with Gasteiger partial charge in [0, 0.05) is 10.6 Å². The molecule has 0 aliphatic rings. The van der Waals surface area contributed by atoms with Crippen molar-refractivity contribution >= 4 is 17.7 Å². The Morgan fingerprint density at radius 3 is 2.43 bits per heavy atom. The highest BCUT2D eigenvalue weighted by molar-refractivity contribution is 7.99. The maximum Gasteiger partial charge on any atom is 0.337 e. The molecule has 156 valence electrons. The number of ether oxygens (including phenoxy) is 1. The Kier molecular flexibility index (Phi) is 6.51. The molecule has 0 N–H and O–H groups in total. The Morgan fingerprint density at radius 2 is 1.83 bits per heavy atom. The predicted molar refractivity (Wildman–Crippen MR) is 114 cm³/mol. The number of thioether (sulfide) groups is 1. The molecule has 0 saturated heterocycles.